The highest BCUT2D eigenvalue weighted by Crippen LogP contribution is 2.25. The molecule has 0 aliphatic carbocycles. The number of aliphatic carboxylic acids is 1. The van der Waals surface area contributed by atoms with Gasteiger partial charge in [0.1, 0.15) is 18.0 Å². The summed E-state index contributed by atoms with van der Waals surface area (Å²) in [6.07, 6.45) is -0.795. The lowest BCUT2D eigenvalue weighted by Gasteiger charge is -2.22. The van der Waals surface area contributed by atoms with Gasteiger partial charge in [-0.3, -0.25) is 0 Å². The van der Waals surface area contributed by atoms with Gasteiger partial charge in [-0.15, -0.1) is 0 Å². The third kappa shape index (κ3) is 4.87. The summed E-state index contributed by atoms with van der Waals surface area (Å²) < 4.78 is 10.7. The lowest BCUT2D eigenvalue weighted by molar-refractivity contribution is -0.140. The van der Waals surface area contributed by atoms with Crippen LogP contribution in [0.25, 0.3) is 10.8 Å². The number of amides is 1. The van der Waals surface area contributed by atoms with E-state index in [2.05, 4.69) is 5.32 Å². The standard InChI is InChI=1S/C18H21NO5/c1-18(2,3)24-17(22)19-14(16(20)21)11-23-15-10-6-8-12-7-4-5-9-13(12)15/h4-10,14H,11H2,1-3H3,(H,19,22)(H,20,21)/t14-/m1/s1. The van der Waals surface area contributed by atoms with E-state index < -0.39 is 23.7 Å². The zero-order valence-electron chi connectivity index (χ0n) is 13.9. The molecule has 2 N–H and O–H groups in total. The van der Waals surface area contributed by atoms with Crippen molar-refractivity contribution in [2.75, 3.05) is 6.61 Å². The number of hydrogen-bond donors (Lipinski definition) is 2. The lowest BCUT2D eigenvalue weighted by atomic mass is 10.1. The Hall–Kier alpha value is -2.76. The fourth-order valence-corrected chi connectivity index (χ4v) is 2.12. The van der Waals surface area contributed by atoms with E-state index in [-0.39, 0.29) is 6.61 Å². The van der Waals surface area contributed by atoms with Crippen LogP contribution in [0.4, 0.5) is 4.79 Å². The van der Waals surface area contributed by atoms with Crippen LogP contribution in [0.3, 0.4) is 0 Å². The Kier molecular flexibility index (Phi) is 5.28. The molecule has 0 aliphatic heterocycles. The molecule has 1 atom stereocenters. The molecule has 0 spiro atoms. The number of carbonyl (C=O) groups is 2. The summed E-state index contributed by atoms with van der Waals surface area (Å²) >= 11 is 0. The van der Waals surface area contributed by atoms with E-state index in [0.717, 1.165) is 10.8 Å². The van der Waals surface area contributed by atoms with Gasteiger partial charge in [-0.1, -0.05) is 36.4 Å². The summed E-state index contributed by atoms with van der Waals surface area (Å²) in [5.74, 6) is -0.633. The van der Waals surface area contributed by atoms with Crippen molar-refractivity contribution in [3.8, 4) is 5.75 Å². The van der Waals surface area contributed by atoms with Crippen molar-refractivity contribution in [2.24, 2.45) is 0 Å². The second kappa shape index (κ2) is 7.21. The highest BCUT2D eigenvalue weighted by Gasteiger charge is 2.24. The smallest absolute Gasteiger partial charge is 0.408 e. The van der Waals surface area contributed by atoms with Gasteiger partial charge in [-0.05, 0) is 32.2 Å². The van der Waals surface area contributed by atoms with Gasteiger partial charge < -0.3 is 19.9 Å². The minimum Gasteiger partial charge on any atom is -0.490 e. The van der Waals surface area contributed by atoms with Gasteiger partial charge in [-0.2, -0.15) is 0 Å². The van der Waals surface area contributed by atoms with E-state index in [1.54, 1.807) is 26.8 Å². The summed E-state index contributed by atoms with van der Waals surface area (Å²) in [4.78, 5) is 23.1. The topological polar surface area (TPSA) is 84.9 Å². The fourth-order valence-electron chi connectivity index (χ4n) is 2.12. The molecule has 128 valence electrons. The first kappa shape index (κ1) is 17.6. The maximum atomic E-state index is 11.7. The van der Waals surface area contributed by atoms with Crippen LogP contribution in [-0.2, 0) is 9.53 Å². The lowest BCUT2D eigenvalue weighted by Crippen LogP contribution is -2.46. The Bertz CT molecular complexity index is 730. The van der Waals surface area contributed by atoms with Crippen LogP contribution in [0.1, 0.15) is 20.8 Å². The minimum absolute atomic E-state index is 0.206. The van der Waals surface area contributed by atoms with Crippen molar-refractivity contribution in [1.82, 2.24) is 5.32 Å². The van der Waals surface area contributed by atoms with E-state index in [1.165, 1.54) is 0 Å². The molecule has 0 heterocycles. The Morgan fingerprint density at radius 3 is 2.46 bits per heavy atom. The zero-order valence-corrected chi connectivity index (χ0v) is 13.9. The average Bonchev–Trinajstić information content (AvgIpc) is 2.49. The van der Waals surface area contributed by atoms with Crippen molar-refractivity contribution in [3.05, 3.63) is 42.5 Å². The largest absolute Gasteiger partial charge is 0.490 e. The monoisotopic (exact) mass is 331 g/mol. The van der Waals surface area contributed by atoms with Gasteiger partial charge in [0.15, 0.2) is 6.04 Å². The third-order valence-corrected chi connectivity index (χ3v) is 3.14. The van der Waals surface area contributed by atoms with Gasteiger partial charge in [0.05, 0.1) is 0 Å². The van der Waals surface area contributed by atoms with Crippen LogP contribution >= 0.6 is 0 Å². The highest BCUT2D eigenvalue weighted by atomic mass is 16.6. The number of carbonyl (C=O) groups excluding carboxylic acids is 1. The first-order valence-electron chi connectivity index (χ1n) is 7.59. The van der Waals surface area contributed by atoms with Gasteiger partial charge in [0.2, 0.25) is 0 Å². The first-order chi connectivity index (χ1) is 11.3. The van der Waals surface area contributed by atoms with Crippen LogP contribution in [0.15, 0.2) is 42.5 Å². The highest BCUT2D eigenvalue weighted by molar-refractivity contribution is 5.88. The number of carboxylic acid groups (broad SMARTS) is 1. The summed E-state index contributed by atoms with van der Waals surface area (Å²) in [6, 6.07) is 11.9. The Morgan fingerprint density at radius 1 is 1.12 bits per heavy atom. The molecule has 2 aromatic rings. The Morgan fingerprint density at radius 2 is 1.79 bits per heavy atom. The molecule has 0 bridgehead atoms. The van der Waals surface area contributed by atoms with Crippen molar-refractivity contribution in [3.63, 3.8) is 0 Å². The van der Waals surface area contributed by atoms with E-state index >= 15 is 0 Å². The summed E-state index contributed by atoms with van der Waals surface area (Å²) in [7, 11) is 0. The third-order valence-electron chi connectivity index (χ3n) is 3.14. The molecule has 0 aliphatic rings. The predicted octanol–water partition coefficient (Wildman–Crippen LogP) is 3.20. The number of ether oxygens (including phenoxy) is 2. The quantitative estimate of drug-likeness (QED) is 0.879. The van der Waals surface area contributed by atoms with Crippen LogP contribution in [0, 0.1) is 0 Å². The van der Waals surface area contributed by atoms with Crippen molar-refractivity contribution in [1.29, 1.82) is 0 Å². The molecule has 0 saturated heterocycles. The molecule has 1 amide bonds. The Balaban J connectivity index is 2.06. The summed E-state index contributed by atoms with van der Waals surface area (Å²) in [6.45, 7) is 4.90. The fraction of sp³-hybridized carbons (Fsp3) is 0.333. The molecule has 0 aromatic heterocycles. The normalized spacial score (nSPS) is 12.5. The SMILES string of the molecule is CC(C)(C)OC(=O)N[C@H](COc1cccc2ccccc12)C(=O)O. The Labute approximate surface area is 140 Å². The van der Waals surface area contributed by atoms with Crippen LogP contribution in [0.5, 0.6) is 5.75 Å². The molecule has 6 heteroatoms. The molecule has 0 radical (unpaired) electrons. The maximum absolute atomic E-state index is 11.7. The number of carboxylic acids is 1. The molecule has 2 rings (SSSR count). The molecular formula is C18H21NO5. The van der Waals surface area contributed by atoms with Gasteiger partial charge in [0.25, 0.3) is 0 Å². The first-order valence-corrected chi connectivity index (χ1v) is 7.59. The summed E-state index contributed by atoms with van der Waals surface area (Å²) in [5, 5.41) is 13.4. The number of nitrogens with one attached hydrogen (secondary N) is 1. The van der Waals surface area contributed by atoms with Crippen molar-refractivity contribution >= 4 is 22.8 Å². The van der Waals surface area contributed by atoms with Gasteiger partial charge >= 0.3 is 12.1 Å². The van der Waals surface area contributed by atoms with Crippen LogP contribution in [-0.4, -0.2) is 35.4 Å². The van der Waals surface area contributed by atoms with Crippen LogP contribution < -0.4 is 10.1 Å². The molecule has 0 saturated carbocycles. The van der Waals surface area contributed by atoms with E-state index in [0.29, 0.717) is 5.75 Å². The molecular weight excluding hydrogens is 310 g/mol. The molecule has 2 aromatic carbocycles. The van der Waals surface area contributed by atoms with E-state index in [1.807, 2.05) is 36.4 Å². The predicted molar refractivity (Wildman–Crippen MR) is 90.2 cm³/mol. The number of benzene rings is 2. The van der Waals surface area contributed by atoms with Gasteiger partial charge in [0, 0.05) is 5.39 Å². The maximum Gasteiger partial charge on any atom is 0.408 e. The van der Waals surface area contributed by atoms with E-state index in [9.17, 15) is 14.7 Å². The summed E-state index contributed by atoms with van der Waals surface area (Å²) in [5.41, 5.74) is -0.705. The number of alkyl carbamates (subject to hydrolysis) is 1. The van der Waals surface area contributed by atoms with Crippen molar-refractivity contribution < 1.29 is 24.2 Å². The molecule has 0 unspecified atom stereocenters. The average molecular weight is 331 g/mol. The van der Waals surface area contributed by atoms with Gasteiger partial charge in [-0.25, -0.2) is 9.59 Å². The zero-order chi connectivity index (χ0) is 17.7. The molecule has 24 heavy (non-hydrogen) atoms. The van der Waals surface area contributed by atoms with Crippen molar-refractivity contribution in [2.45, 2.75) is 32.4 Å². The second-order valence-corrected chi connectivity index (χ2v) is 6.33. The molecule has 0 fully saturated rings. The number of fused-ring (bicyclic) bond motifs is 1. The second-order valence-electron chi connectivity index (χ2n) is 6.33. The minimum atomic E-state index is -1.21. The molecule has 6 nitrogen and oxygen atoms in total. The number of rotatable bonds is 5. The van der Waals surface area contributed by atoms with Crippen LogP contribution in [0.2, 0.25) is 0 Å². The number of hydrogen-bond acceptors (Lipinski definition) is 4. The van der Waals surface area contributed by atoms with E-state index in [4.69, 9.17) is 9.47 Å².